The van der Waals surface area contributed by atoms with Crippen LogP contribution in [0.25, 0.3) is 17.4 Å². The molecule has 1 aliphatic rings. The van der Waals surface area contributed by atoms with Crippen molar-refractivity contribution in [2.24, 2.45) is 0 Å². The van der Waals surface area contributed by atoms with Crippen molar-refractivity contribution in [1.29, 1.82) is 0 Å². The quantitative estimate of drug-likeness (QED) is 0.234. The number of anilines is 1. The van der Waals surface area contributed by atoms with Gasteiger partial charge in [-0.3, -0.25) is 29.4 Å². The molecule has 3 aromatic rings. The summed E-state index contributed by atoms with van der Waals surface area (Å²) >= 11 is 6.54. The largest absolute Gasteiger partial charge is 0.456 e. The van der Waals surface area contributed by atoms with Crippen LogP contribution in [0.3, 0.4) is 0 Å². The minimum atomic E-state index is -0.632. The number of rotatable bonds is 6. The molecule has 1 fully saturated rings. The second-order valence-corrected chi connectivity index (χ2v) is 9.64. The standard InChI is InChI=1S/C25H20ClN3O6S/c1-13-8-14(2)23(15(3)9-13)27-22(30)12-28-24(31)21(36-25(28)32)11-17-5-7-20(35-17)18-6-4-16(26)10-19(18)29(33)34/h4-11H,12H2,1-3H3,(H,27,30)/b21-11+. The van der Waals surface area contributed by atoms with Crippen LogP contribution in [-0.2, 0) is 9.59 Å². The number of hydrogen-bond acceptors (Lipinski definition) is 7. The van der Waals surface area contributed by atoms with Gasteiger partial charge in [0.1, 0.15) is 18.1 Å². The van der Waals surface area contributed by atoms with Gasteiger partial charge in [0.15, 0.2) is 0 Å². The maximum Gasteiger partial charge on any atom is 0.294 e. The number of nitrogens with one attached hydrogen (secondary N) is 1. The summed E-state index contributed by atoms with van der Waals surface area (Å²) in [5, 5.41) is 13.8. The van der Waals surface area contributed by atoms with Crippen LogP contribution in [0.4, 0.5) is 16.2 Å². The molecule has 0 saturated carbocycles. The first-order valence-corrected chi connectivity index (χ1v) is 11.9. The highest BCUT2D eigenvalue weighted by Crippen LogP contribution is 2.36. The summed E-state index contributed by atoms with van der Waals surface area (Å²) in [5.41, 5.74) is 3.46. The van der Waals surface area contributed by atoms with Gasteiger partial charge in [-0.25, -0.2) is 0 Å². The number of carbonyl (C=O) groups excluding carboxylic acids is 3. The molecule has 1 aliphatic heterocycles. The SMILES string of the molecule is Cc1cc(C)c(NC(=O)CN2C(=O)S/C(=C/c3ccc(-c4ccc(Cl)cc4[N+](=O)[O-])o3)C2=O)c(C)c1. The number of hydrogen-bond donors (Lipinski definition) is 1. The normalized spacial score (nSPS) is 14.6. The molecule has 184 valence electrons. The lowest BCUT2D eigenvalue weighted by atomic mass is 10.1. The predicted molar refractivity (Wildman–Crippen MR) is 138 cm³/mol. The van der Waals surface area contributed by atoms with Gasteiger partial charge in [0.05, 0.1) is 15.4 Å². The van der Waals surface area contributed by atoms with Crippen LogP contribution in [-0.4, -0.2) is 33.4 Å². The Morgan fingerprint density at radius 3 is 2.50 bits per heavy atom. The van der Waals surface area contributed by atoms with Gasteiger partial charge in [-0.2, -0.15) is 0 Å². The molecule has 0 radical (unpaired) electrons. The summed E-state index contributed by atoms with van der Waals surface area (Å²) in [6, 6.07) is 11.1. The van der Waals surface area contributed by atoms with Gasteiger partial charge in [-0.05, 0) is 67.9 Å². The number of nitro benzene ring substituents is 1. The zero-order valence-corrected chi connectivity index (χ0v) is 21.0. The number of benzene rings is 2. The number of carbonyl (C=O) groups is 3. The van der Waals surface area contributed by atoms with E-state index in [-0.39, 0.29) is 32.7 Å². The molecule has 1 aromatic heterocycles. The Labute approximate surface area is 215 Å². The predicted octanol–water partition coefficient (Wildman–Crippen LogP) is 6.11. The maximum absolute atomic E-state index is 12.8. The highest BCUT2D eigenvalue weighted by atomic mass is 35.5. The summed E-state index contributed by atoms with van der Waals surface area (Å²) < 4.78 is 5.68. The Morgan fingerprint density at radius 1 is 1.14 bits per heavy atom. The van der Waals surface area contributed by atoms with Gasteiger partial charge in [-0.1, -0.05) is 29.3 Å². The zero-order chi connectivity index (χ0) is 26.1. The molecule has 1 saturated heterocycles. The molecule has 0 bridgehead atoms. The van der Waals surface area contributed by atoms with E-state index in [1.54, 1.807) is 0 Å². The molecule has 0 aliphatic carbocycles. The molecular formula is C25H20ClN3O6S. The second-order valence-electron chi connectivity index (χ2n) is 8.21. The monoisotopic (exact) mass is 525 g/mol. The first-order chi connectivity index (χ1) is 17.0. The van der Waals surface area contributed by atoms with E-state index in [9.17, 15) is 24.5 Å². The smallest absolute Gasteiger partial charge is 0.294 e. The average Bonchev–Trinajstić information content (AvgIpc) is 3.36. The molecule has 0 atom stereocenters. The highest BCUT2D eigenvalue weighted by molar-refractivity contribution is 8.18. The highest BCUT2D eigenvalue weighted by Gasteiger charge is 2.36. The van der Waals surface area contributed by atoms with Crippen LogP contribution in [0.2, 0.25) is 5.02 Å². The average molecular weight is 526 g/mol. The lowest BCUT2D eigenvalue weighted by Crippen LogP contribution is -2.36. The molecular weight excluding hydrogens is 506 g/mol. The van der Waals surface area contributed by atoms with E-state index in [0.29, 0.717) is 17.4 Å². The Kier molecular flexibility index (Phi) is 7.00. The van der Waals surface area contributed by atoms with Gasteiger partial charge in [0, 0.05) is 22.9 Å². The van der Waals surface area contributed by atoms with Gasteiger partial charge in [0.2, 0.25) is 5.91 Å². The molecule has 9 nitrogen and oxygen atoms in total. The van der Waals surface area contributed by atoms with Crippen molar-refractivity contribution < 1.29 is 23.7 Å². The Balaban J connectivity index is 1.50. The number of furan rings is 1. The number of aryl methyl sites for hydroxylation is 3. The third-order valence-electron chi connectivity index (χ3n) is 5.44. The summed E-state index contributed by atoms with van der Waals surface area (Å²) in [4.78, 5) is 49.6. The Morgan fingerprint density at radius 2 is 1.83 bits per heavy atom. The molecule has 3 amide bonds. The number of amides is 3. The van der Waals surface area contributed by atoms with Crippen molar-refractivity contribution in [3.8, 4) is 11.3 Å². The van der Waals surface area contributed by atoms with E-state index in [1.165, 1.54) is 36.4 Å². The van der Waals surface area contributed by atoms with Crippen LogP contribution in [0.1, 0.15) is 22.5 Å². The van der Waals surface area contributed by atoms with Gasteiger partial charge >= 0.3 is 0 Å². The second kappa shape index (κ2) is 10.00. The van der Waals surface area contributed by atoms with E-state index in [2.05, 4.69) is 5.32 Å². The van der Waals surface area contributed by atoms with Crippen molar-refractivity contribution in [1.82, 2.24) is 4.90 Å². The van der Waals surface area contributed by atoms with Gasteiger partial charge in [0.25, 0.3) is 16.8 Å². The van der Waals surface area contributed by atoms with Gasteiger partial charge < -0.3 is 9.73 Å². The zero-order valence-electron chi connectivity index (χ0n) is 19.5. The van der Waals surface area contributed by atoms with Crippen LogP contribution in [0.15, 0.2) is 51.8 Å². The number of thioether (sulfide) groups is 1. The van der Waals surface area contributed by atoms with Crippen molar-refractivity contribution in [3.63, 3.8) is 0 Å². The molecule has 0 spiro atoms. The molecule has 11 heteroatoms. The topological polar surface area (TPSA) is 123 Å². The van der Waals surface area contributed by atoms with Crippen LogP contribution in [0, 0.1) is 30.9 Å². The maximum atomic E-state index is 12.8. The third kappa shape index (κ3) is 5.19. The fourth-order valence-electron chi connectivity index (χ4n) is 3.90. The number of nitro groups is 1. The summed E-state index contributed by atoms with van der Waals surface area (Å²) in [6.45, 7) is 5.26. The van der Waals surface area contributed by atoms with E-state index >= 15 is 0 Å². The molecule has 36 heavy (non-hydrogen) atoms. The summed E-state index contributed by atoms with van der Waals surface area (Å²) in [7, 11) is 0. The first kappa shape index (κ1) is 25.2. The number of imide groups is 1. The Hall–Kier alpha value is -3.89. The number of nitrogens with zero attached hydrogens (tertiary/aromatic N) is 2. The Bertz CT molecular complexity index is 1440. The number of halogens is 1. The first-order valence-electron chi connectivity index (χ1n) is 10.7. The van der Waals surface area contributed by atoms with Crippen molar-refractivity contribution in [2.75, 3.05) is 11.9 Å². The van der Waals surface area contributed by atoms with Crippen LogP contribution >= 0.6 is 23.4 Å². The van der Waals surface area contributed by atoms with E-state index < -0.39 is 28.5 Å². The summed E-state index contributed by atoms with van der Waals surface area (Å²) in [6.07, 6.45) is 1.36. The lowest BCUT2D eigenvalue weighted by molar-refractivity contribution is -0.384. The molecule has 2 heterocycles. The third-order valence-corrected chi connectivity index (χ3v) is 6.58. The molecule has 1 N–H and O–H groups in total. The van der Waals surface area contributed by atoms with Gasteiger partial charge in [-0.15, -0.1) is 0 Å². The van der Waals surface area contributed by atoms with E-state index in [0.717, 1.165) is 21.6 Å². The van der Waals surface area contributed by atoms with Crippen molar-refractivity contribution in [3.05, 3.63) is 85.0 Å². The minimum Gasteiger partial charge on any atom is -0.456 e. The molecule has 4 rings (SSSR count). The lowest BCUT2D eigenvalue weighted by Gasteiger charge is -2.15. The van der Waals surface area contributed by atoms with Crippen LogP contribution in [0.5, 0.6) is 0 Å². The molecule has 2 aromatic carbocycles. The van der Waals surface area contributed by atoms with Crippen LogP contribution < -0.4 is 5.32 Å². The fourth-order valence-corrected chi connectivity index (χ4v) is 4.89. The minimum absolute atomic E-state index is 0.0713. The summed E-state index contributed by atoms with van der Waals surface area (Å²) in [5.74, 6) is -0.709. The van der Waals surface area contributed by atoms with Crippen molar-refractivity contribution in [2.45, 2.75) is 20.8 Å². The van der Waals surface area contributed by atoms with Crippen molar-refractivity contribution >= 4 is 57.9 Å². The van der Waals surface area contributed by atoms with E-state index in [1.807, 2.05) is 32.9 Å². The molecule has 0 unspecified atom stereocenters. The fraction of sp³-hybridized carbons (Fsp3) is 0.160. The van der Waals surface area contributed by atoms with E-state index in [4.69, 9.17) is 16.0 Å².